The lowest BCUT2D eigenvalue weighted by molar-refractivity contribution is 0.567. The van der Waals surface area contributed by atoms with E-state index in [9.17, 15) is 4.79 Å². The van der Waals surface area contributed by atoms with Crippen LogP contribution in [0.25, 0.3) is 16.9 Å². The first-order valence-corrected chi connectivity index (χ1v) is 8.05. The van der Waals surface area contributed by atoms with E-state index in [1.165, 1.54) is 4.52 Å². The molecule has 0 amide bonds. The van der Waals surface area contributed by atoms with Crippen molar-refractivity contribution >= 4 is 5.65 Å². The van der Waals surface area contributed by atoms with Crippen molar-refractivity contribution in [1.82, 2.24) is 24.5 Å². The zero-order valence-corrected chi connectivity index (χ0v) is 13.1. The van der Waals surface area contributed by atoms with Crippen LogP contribution in [-0.2, 0) is 6.54 Å². The molecule has 1 N–H and O–H groups in total. The number of nitrogens with one attached hydrogen (secondary N) is 1. The summed E-state index contributed by atoms with van der Waals surface area (Å²) >= 11 is 0. The van der Waals surface area contributed by atoms with Gasteiger partial charge in [0.15, 0.2) is 0 Å². The molecular weight excluding hydrogens is 290 g/mol. The van der Waals surface area contributed by atoms with E-state index in [1.54, 1.807) is 18.5 Å². The molecule has 4 rings (SSSR count). The zero-order valence-electron chi connectivity index (χ0n) is 13.1. The summed E-state index contributed by atoms with van der Waals surface area (Å²) in [5.41, 5.74) is 3.50. The highest BCUT2D eigenvalue weighted by molar-refractivity contribution is 5.63. The van der Waals surface area contributed by atoms with Crippen molar-refractivity contribution in [3.05, 3.63) is 52.7 Å². The highest BCUT2D eigenvalue weighted by Crippen LogP contribution is 2.25. The van der Waals surface area contributed by atoms with Crippen molar-refractivity contribution in [2.75, 3.05) is 6.54 Å². The number of pyridine rings is 1. The smallest absolute Gasteiger partial charge is 0.274 e. The molecule has 6 heteroatoms. The molecular formula is C17H19N5O. The highest BCUT2D eigenvalue weighted by Gasteiger charge is 2.21. The van der Waals surface area contributed by atoms with Gasteiger partial charge in [-0.3, -0.25) is 9.78 Å². The van der Waals surface area contributed by atoms with E-state index in [2.05, 4.69) is 26.9 Å². The van der Waals surface area contributed by atoms with Crippen LogP contribution < -0.4 is 10.9 Å². The van der Waals surface area contributed by atoms with Crippen LogP contribution in [0.1, 0.15) is 31.5 Å². The minimum absolute atomic E-state index is 0.0801. The fourth-order valence-corrected chi connectivity index (χ4v) is 3.35. The normalized spacial score (nSPS) is 17.9. The minimum Gasteiger partial charge on any atom is -0.328 e. The first-order valence-electron chi connectivity index (χ1n) is 8.05. The van der Waals surface area contributed by atoms with E-state index in [1.807, 2.05) is 18.2 Å². The largest absolute Gasteiger partial charge is 0.328 e. The van der Waals surface area contributed by atoms with Crippen LogP contribution in [0.4, 0.5) is 0 Å². The molecule has 0 spiro atoms. The number of aromatic nitrogens is 4. The lowest BCUT2D eigenvalue weighted by Crippen LogP contribution is -2.25. The molecule has 3 aromatic heterocycles. The second kappa shape index (κ2) is 5.62. The van der Waals surface area contributed by atoms with Crippen molar-refractivity contribution in [2.45, 2.75) is 32.4 Å². The van der Waals surface area contributed by atoms with Gasteiger partial charge in [-0.2, -0.15) is 9.61 Å². The van der Waals surface area contributed by atoms with Crippen molar-refractivity contribution in [3.63, 3.8) is 0 Å². The number of rotatable bonds is 3. The van der Waals surface area contributed by atoms with Gasteiger partial charge in [-0.1, -0.05) is 0 Å². The van der Waals surface area contributed by atoms with Crippen LogP contribution in [-0.4, -0.2) is 25.7 Å². The van der Waals surface area contributed by atoms with Gasteiger partial charge >= 0.3 is 0 Å². The second-order valence-electron chi connectivity index (χ2n) is 5.84. The van der Waals surface area contributed by atoms with Gasteiger partial charge in [0.25, 0.3) is 5.56 Å². The Labute approximate surface area is 133 Å². The maximum Gasteiger partial charge on any atom is 0.274 e. The Kier molecular flexibility index (Phi) is 3.46. The summed E-state index contributed by atoms with van der Waals surface area (Å²) in [4.78, 5) is 16.6. The van der Waals surface area contributed by atoms with E-state index in [-0.39, 0.29) is 11.6 Å². The lowest BCUT2D eigenvalue weighted by Gasteiger charge is -2.18. The molecule has 1 saturated heterocycles. The highest BCUT2D eigenvalue weighted by atomic mass is 16.1. The molecule has 1 atom stereocenters. The molecule has 3 aromatic rings. The molecule has 0 saturated carbocycles. The first kappa shape index (κ1) is 14.1. The fraction of sp³-hybridized carbons (Fsp3) is 0.353. The Morgan fingerprint density at radius 1 is 1.39 bits per heavy atom. The molecule has 1 aliphatic heterocycles. The first-order chi connectivity index (χ1) is 11.3. The molecule has 0 bridgehead atoms. The fourth-order valence-electron chi connectivity index (χ4n) is 3.35. The molecule has 1 fully saturated rings. The number of hydrogen-bond donors (Lipinski definition) is 1. The Hall–Kier alpha value is -2.47. The average Bonchev–Trinajstić information content (AvgIpc) is 3.25. The monoisotopic (exact) mass is 309 g/mol. The molecule has 23 heavy (non-hydrogen) atoms. The molecule has 4 heterocycles. The molecule has 6 nitrogen and oxygen atoms in total. The van der Waals surface area contributed by atoms with Crippen LogP contribution in [0.3, 0.4) is 0 Å². The van der Waals surface area contributed by atoms with E-state index in [0.717, 1.165) is 48.5 Å². The Morgan fingerprint density at radius 3 is 3.00 bits per heavy atom. The van der Waals surface area contributed by atoms with Crippen molar-refractivity contribution in [3.8, 4) is 11.3 Å². The number of aryl methyl sites for hydroxylation is 1. The Balaban J connectivity index is 1.93. The summed E-state index contributed by atoms with van der Waals surface area (Å²) < 4.78 is 3.67. The third-order valence-electron chi connectivity index (χ3n) is 4.45. The topological polar surface area (TPSA) is 64.2 Å². The van der Waals surface area contributed by atoms with Gasteiger partial charge in [-0.05, 0) is 38.4 Å². The summed E-state index contributed by atoms with van der Waals surface area (Å²) in [6.07, 6.45) is 5.71. The Morgan fingerprint density at radius 2 is 2.30 bits per heavy atom. The van der Waals surface area contributed by atoms with Crippen LogP contribution in [0.5, 0.6) is 0 Å². The predicted molar refractivity (Wildman–Crippen MR) is 88.3 cm³/mol. The predicted octanol–water partition coefficient (Wildman–Crippen LogP) is 2.00. The second-order valence-corrected chi connectivity index (χ2v) is 5.84. The van der Waals surface area contributed by atoms with Crippen molar-refractivity contribution in [2.24, 2.45) is 0 Å². The van der Waals surface area contributed by atoms with Gasteiger partial charge < -0.3 is 9.88 Å². The van der Waals surface area contributed by atoms with Gasteiger partial charge in [0.2, 0.25) is 0 Å². The van der Waals surface area contributed by atoms with E-state index in [4.69, 9.17) is 0 Å². The third-order valence-corrected chi connectivity index (χ3v) is 4.45. The zero-order chi connectivity index (χ0) is 15.8. The van der Waals surface area contributed by atoms with Crippen LogP contribution >= 0.6 is 0 Å². The van der Waals surface area contributed by atoms with Crippen LogP contribution in [0.2, 0.25) is 0 Å². The minimum atomic E-state index is -0.0801. The summed E-state index contributed by atoms with van der Waals surface area (Å²) in [6.45, 7) is 3.91. The third kappa shape index (κ3) is 2.35. The molecule has 0 radical (unpaired) electrons. The van der Waals surface area contributed by atoms with Gasteiger partial charge in [0.05, 0.1) is 5.69 Å². The summed E-state index contributed by atoms with van der Waals surface area (Å²) in [6, 6.07) is 7.78. The van der Waals surface area contributed by atoms with Crippen LogP contribution in [0, 0.1) is 0 Å². The van der Waals surface area contributed by atoms with E-state index < -0.39 is 0 Å². The van der Waals surface area contributed by atoms with Gasteiger partial charge in [0, 0.05) is 48.4 Å². The SMILES string of the molecule is CCn1c(C2CCCN2)cc(=O)n2nc(-c3cccnc3)cc12. The van der Waals surface area contributed by atoms with E-state index >= 15 is 0 Å². The van der Waals surface area contributed by atoms with Crippen molar-refractivity contribution < 1.29 is 0 Å². The van der Waals surface area contributed by atoms with Gasteiger partial charge in [-0.15, -0.1) is 0 Å². The Bertz CT molecular complexity index is 890. The number of nitrogens with zero attached hydrogens (tertiary/aromatic N) is 4. The summed E-state index contributed by atoms with van der Waals surface area (Å²) in [5.74, 6) is 0. The summed E-state index contributed by atoms with van der Waals surface area (Å²) in [7, 11) is 0. The standard InChI is InChI=1S/C17H19N5O/c1-2-21-15(13-6-4-8-19-13)10-17(23)22-16(21)9-14(20-22)12-5-3-7-18-11-12/h3,5,7,9-11,13,19H,2,4,6,8H2,1H3. The number of fused-ring (bicyclic) bond motifs is 1. The maximum atomic E-state index is 12.5. The van der Waals surface area contributed by atoms with Gasteiger partial charge in [-0.25, -0.2) is 0 Å². The quantitative estimate of drug-likeness (QED) is 0.804. The molecule has 1 aliphatic rings. The molecule has 1 unspecified atom stereocenters. The lowest BCUT2D eigenvalue weighted by atomic mass is 10.1. The van der Waals surface area contributed by atoms with Crippen LogP contribution in [0.15, 0.2) is 41.5 Å². The molecule has 118 valence electrons. The molecule has 0 aliphatic carbocycles. The maximum absolute atomic E-state index is 12.5. The molecule has 0 aromatic carbocycles. The van der Waals surface area contributed by atoms with Gasteiger partial charge in [0.1, 0.15) is 5.65 Å². The number of hydrogen-bond acceptors (Lipinski definition) is 4. The summed E-state index contributed by atoms with van der Waals surface area (Å²) in [5, 5.41) is 7.96. The average molecular weight is 309 g/mol. The van der Waals surface area contributed by atoms with Crippen molar-refractivity contribution in [1.29, 1.82) is 0 Å². The van der Waals surface area contributed by atoms with E-state index in [0.29, 0.717) is 0 Å².